The summed E-state index contributed by atoms with van der Waals surface area (Å²) in [5.74, 6) is 0.461. The fraction of sp³-hybridized carbons (Fsp3) is 0.500. The van der Waals surface area contributed by atoms with Crippen molar-refractivity contribution in [2.24, 2.45) is 0 Å². The molecule has 1 aromatic rings. The third kappa shape index (κ3) is 4.67. The highest BCUT2D eigenvalue weighted by Gasteiger charge is 2.30. The van der Waals surface area contributed by atoms with E-state index in [9.17, 15) is 13.2 Å². The summed E-state index contributed by atoms with van der Waals surface area (Å²) in [4.78, 5) is 1.88. The number of likely N-dealkylation sites (N-methyl/N-ethyl adjacent to an activating group) is 1. The molecule has 0 fully saturated rings. The van der Waals surface area contributed by atoms with Gasteiger partial charge in [0.15, 0.2) is 0 Å². The highest BCUT2D eigenvalue weighted by atomic mass is 35.5. The van der Waals surface area contributed by atoms with Crippen molar-refractivity contribution >= 4 is 23.2 Å². The van der Waals surface area contributed by atoms with Gasteiger partial charge in [0.1, 0.15) is 0 Å². The van der Waals surface area contributed by atoms with Gasteiger partial charge in [0.25, 0.3) is 0 Å². The van der Waals surface area contributed by atoms with E-state index in [2.05, 4.69) is 0 Å². The Kier molecular flexibility index (Phi) is 5.76. The first kappa shape index (κ1) is 15.6. The first-order valence-corrected chi connectivity index (χ1v) is 6.37. The van der Waals surface area contributed by atoms with Crippen LogP contribution in [0.15, 0.2) is 24.3 Å². The van der Waals surface area contributed by atoms with Crippen molar-refractivity contribution in [1.82, 2.24) is 4.90 Å². The molecule has 1 nitrogen and oxygen atoms in total. The molecule has 0 spiro atoms. The molecule has 1 rings (SSSR count). The summed E-state index contributed by atoms with van der Waals surface area (Å²) in [6.07, 6.45) is -4.34. The molecule has 0 amide bonds. The molecule has 18 heavy (non-hydrogen) atoms. The average molecular weight is 300 g/mol. The van der Waals surface area contributed by atoms with E-state index < -0.39 is 17.1 Å². The van der Waals surface area contributed by atoms with Gasteiger partial charge in [0.2, 0.25) is 0 Å². The lowest BCUT2D eigenvalue weighted by molar-refractivity contribution is -0.137. The van der Waals surface area contributed by atoms with Crippen LogP contribution in [0.5, 0.6) is 0 Å². The van der Waals surface area contributed by atoms with Gasteiger partial charge in [-0.1, -0.05) is 18.2 Å². The molecular formula is C12H14Cl2F3N. The van der Waals surface area contributed by atoms with Crippen LogP contribution in [0, 0.1) is 0 Å². The number of halogens is 5. The van der Waals surface area contributed by atoms with Crippen LogP contribution in [-0.4, -0.2) is 30.9 Å². The minimum absolute atomic E-state index is 0.454. The highest BCUT2D eigenvalue weighted by molar-refractivity contribution is 6.21. The van der Waals surface area contributed by atoms with Crippen LogP contribution in [0.3, 0.4) is 0 Å². The fourth-order valence-electron chi connectivity index (χ4n) is 1.52. The van der Waals surface area contributed by atoms with Gasteiger partial charge in [0, 0.05) is 19.0 Å². The second-order valence-corrected chi connectivity index (χ2v) is 4.95. The Balaban J connectivity index is 2.77. The quantitative estimate of drug-likeness (QED) is 0.738. The Labute approximate surface area is 114 Å². The van der Waals surface area contributed by atoms with Crippen molar-refractivity contribution in [1.29, 1.82) is 0 Å². The molecule has 0 saturated carbocycles. The van der Waals surface area contributed by atoms with Gasteiger partial charge in [-0.3, -0.25) is 0 Å². The molecule has 1 atom stereocenters. The summed E-state index contributed by atoms with van der Waals surface area (Å²) in [5, 5.41) is -0.486. The lowest BCUT2D eigenvalue weighted by Crippen LogP contribution is -2.24. The fourth-order valence-corrected chi connectivity index (χ4v) is 2.18. The lowest BCUT2D eigenvalue weighted by atomic mass is 10.1. The van der Waals surface area contributed by atoms with Crippen LogP contribution in [0.1, 0.15) is 16.5 Å². The minimum Gasteiger partial charge on any atom is -0.303 e. The van der Waals surface area contributed by atoms with Crippen LogP contribution >= 0.6 is 23.2 Å². The number of hydrogen-bond donors (Lipinski definition) is 0. The molecule has 0 aliphatic rings. The predicted molar refractivity (Wildman–Crippen MR) is 68.3 cm³/mol. The van der Waals surface area contributed by atoms with Crippen LogP contribution < -0.4 is 0 Å². The monoisotopic (exact) mass is 299 g/mol. The maximum Gasteiger partial charge on any atom is 0.416 e. The highest BCUT2D eigenvalue weighted by Crippen LogP contribution is 2.32. The topological polar surface area (TPSA) is 3.24 Å². The van der Waals surface area contributed by atoms with Crippen molar-refractivity contribution < 1.29 is 13.2 Å². The molecule has 1 unspecified atom stereocenters. The van der Waals surface area contributed by atoms with Gasteiger partial charge < -0.3 is 4.90 Å². The van der Waals surface area contributed by atoms with Gasteiger partial charge in [-0.2, -0.15) is 13.2 Å². The molecule has 0 heterocycles. The van der Waals surface area contributed by atoms with E-state index in [4.69, 9.17) is 23.2 Å². The van der Waals surface area contributed by atoms with E-state index >= 15 is 0 Å². The normalized spacial score (nSPS) is 13.9. The molecule has 6 heteroatoms. The lowest BCUT2D eigenvalue weighted by Gasteiger charge is -2.19. The van der Waals surface area contributed by atoms with Crippen LogP contribution in [0.25, 0.3) is 0 Å². The van der Waals surface area contributed by atoms with Gasteiger partial charge in [-0.05, 0) is 18.7 Å². The molecule has 102 valence electrons. The Morgan fingerprint density at radius 1 is 1.33 bits per heavy atom. The Morgan fingerprint density at radius 3 is 2.56 bits per heavy atom. The molecule has 0 bridgehead atoms. The molecular weight excluding hydrogens is 286 g/mol. The zero-order valence-corrected chi connectivity index (χ0v) is 11.4. The van der Waals surface area contributed by atoms with Crippen molar-refractivity contribution in [3.63, 3.8) is 0 Å². The smallest absolute Gasteiger partial charge is 0.303 e. The Hall–Kier alpha value is -0.450. The summed E-state index contributed by atoms with van der Waals surface area (Å²) < 4.78 is 37.6. The van der Waals surface area contributed by atoms with Crippen molar-refractivity contribution in [3.8, 4) is 0 Å². The predicted octanol–water partition coefficient (Wildman–Crippen LogP) is 4.16. The molecule has 0 saturated heterocycles. The van der Waals surface area contributed by atoms with Crippen LogP contribution in [0.2, 0.25) is 0 Å². The van der Waals surface area contributed by atoms with E-state index in [1.54, 1.807) is 6.07 Å². The molecule has 0 aromatic heterocycles. The van der Waals surface area contributed by atoms with E-state index in [0.29, 0.717) is 24.5 Å². The molecule has 0 N–H and O–H groups in total. The van der Waals surface area contributed by atoms with Gasteiger partial charge in [-0.25, -0.2) is 0 Å². The van der Waals surface area contributed by atoms with E-state index in [1.165, 1.54) is 6.07 Å². The van der Waals surface area contributed by atoms with Gasteiger partial charge >= 0.3 is 6.18 Å². The Bertz CT molecular complexity index is 382. The first-order chi connectivity index (χ1) is 8.34. The zero-order chi connectivity index (χ0) is 13.8. The standard InChI is InChI=1S/C12H14Cl2F3N/c1-18(6-5-13)8-11(14)9-3-2-4-10(7-9)12(15,16)17/h2-4,7,11H,5-6,8H2,1H3. The molecule has 0 radical (unpaired) electrons. The summed E-state index contributed by atoms with van der Waals surface area (Å²) in [6, 6.07) is 5.10. The van der Waals surface area contributed by atoms with Crippen molar-refractivity contribution in [3.05, 3.63) is 35.4 Å². The maximum atomic E-state index is 12.5. The van der Waals surface area contributed by atoms with Crippen molar-refractivity contribution in [2.75, 3.05) is 26.0 Å². The maximum absolute atomic E-state index is 12.5. The number of rotatable bonds is 5. The molecule has 0 aliphatic heterocycles. The largest absolute Gasteiger partial charge is 0.416 e. The summed E-state index contributed by atoms with van der Waals surface area (Å²) in [7, 11) is 1.82. The van der Waals surface area contributed by atoms with Gasteiger partial charge in [-0.15, -0.1) is 23.2 Å². The SMILES string of the molecule is CN(CCCl)CC(Cl)c1cccc(C(F)(F)F)c1. The third-order valence-corrected chi connectivity index (χ3v) is 3.07. The minimum atomic E-state index is -4.34. The van der Waals surface area contributed by atoms with E-state index in [0.717, 1.165) is 12.1 Å². The van der Waals surface area contributed by atoms with E-state index in [-0.39, 0.29) is 0 Å². The van der Waals surface area contributed by atoms with Crippen LogP contribution in [0.4, 0.5) is 13.2 Å². The molecule has 0 aliphatic carbocycles. The molecule has 1 aromatic carbocycles. The Morgan fingerprint density at radius 2 is 2.00 bits per heavy atom. The van der Waals surface area contributed by atoms with Crippen molar-refractivity contribution in [2.45, 2.75) is 11.6 Å². The van der Waals surface area contributed by atoms with Gasteiger partial charge in [0.05, 0.1) is 10.9 Å². The number of hydrogen-bond acceptors (Lipinski definition) is 1. The number of nitrogens with zero attached hydrogens (tertiary/aromatic N) is 1. The summed E-state index contributed by atoms with van der Waals surface area (Å²) in [5.41, 5.74) is -0.210. The second kappa shape index (κ2) is 6.64. The number of alkyl halides is 5. The van der Waals surface area contributed by atoms with E-state index in [1.807, 2.05) is 11.9 Å². The first-order valence-electron chi connectivity index (χ1n) is 5.40. The number of benzene rings is 1. The third-order valence-electron chi connectivity index (χ3n) is 2.51. The second-order valence-electron chi connectivity index (χ2n) is 4.04. The zero-order valence-electron chi connectivity index (χ0n) is 9.85. The average Bonchev–Trinajstić information content (AvgIpc) is 2.28. The van der Waals surface area contributed by atoms with Crippen LogP contribution in [-0.2, 0) is 6.18 Å². The summed E-state index contributed by atoms with van der Waals surface area (Å²) >= 11 is 11.7. The summed E-state index contributed by atoms with van der Waals surface area (Å²) in [6.45, 7) is 1.10.